The molecule has 116 valence electrons. The molecule has 2 heterocycles. The summed E-state index contributed by atoms with van der Waals surface area (Å²) < 4.78 is 11.0. The lowest BCUT2D eigenvalue weighted by atomic mass is 9.91. The molecule has 0 spiro atoms. The molecule has 1 saturated heterocycles. The van der Waals surface area contributed by atoms with Gasteiger partial charge >= 0.3 is 12.1 Å². The van der Waals surface area contributed by atoms with Gasteiger partial charge in [-0.25, -0.2) is 9.79 Å². The standard InChI is InChI=1S/C12H18N4O5/c1-4-20-11(17)8-10(13)16(19)6-5-21-12(2,3)9(15-18)7(6)14-8/h8,10,18H,4-5,13H2,1-3H3/p+1/b15-9-/t8-,10-/m1/s1. The molecule has 0 aromatic rings. The number of aliphatic imine (C=N–C) groups is 1. The molecule has 0 aromatic heterocycles. The Kier molecular flexibility index (Phi) is 3.97. The van der Waals surface area contributed by atoms with E-state index in [1.54, 1.807) is 20.8 Å². The van der Waals surface area contributed by atoms with Crippen molar-refractivity contribution in [3.63, 3.8) is 0 Å². The SMILES string of the molecule is CCOC(=O)[C@@H]1N=C2C(=[N+]([O-])[C@H]1[NH3+])COC(C)(C)/C2=N\O. The first-order chi connectivity index (χ1) is 9.83. The second-order valence-electron chi connectivity index (χ2n) is 5.26. The average Bonchev–Trinajstić information content (AvgIpc) is 2.42. The fourth-order valence-corrected chi connectivity index (χ4v) is 2.27. The molecule has 0 unspecified atom stereocenters. The zero-order valence-electron chi connectivity index (χ0n) is 12.2. The molecule has 2 aliphatic heterocycles. The van der Waals surface area contributed by atoms with Gasteiger partial charge < -0.3 is 19.9 Å². The zero-order valence-corrected chi connectivity index (χ0v) is 12.2. The minimum atomic E-state index is -1.06. The third-order valence-electron chi connectivity index (χ3n) is 3.47. The van der Waals surface area contributed by atoms with Crippen LogP contribution in [0, 0.1) is 5.21 Å². The number of oxime groups is 1. The molecule has 0 bridgehead atoms. The van der Waals surface area contributed by atoms with Crippen LogP contribution >= 0.6 is 0 Å². The lowest BCUT2D eigenvalue weighted by molar-refractivity contribution is -0.694. The molecule has 4 N–H and O–H groups in total. The van der Waals surface area contributed by atoms with Gasteiger partial charge in [0.2, 0.25) is 5.71 Å². The van der Waals surface area contributed by atoms with Crippen molar-refractivity contribution in [1.29, 1.82) is 0 Å². The van der Waals surface area contributed by atoms with Crippen molar-refractivity contribution >= 4 is 23.1 Å². The van der Waals surface area contributed by atoms with Gasteiger partial charge in [0.25, 0.3) is 6.04 Å². The Morgan fingerprint density at radius 3 is 2.95 bits per heavy atom. The van der Waals surface area contributed by atoms with Gasteiger partial charge in [0.05, 0.1) is 6.61 Å². The van der Waals surface area contributed by atoms with Crippen LogP contribution in [-0.2, 0) is 14.3 Å². The van der Waals surface area contributed by atoms with Gasteiger partial charge in [-0.3, -0.25) is 5.73 Å². The summed E-state index contributed by atoms with van der Waals surface area (Å²) in [6.07, 6.45) is -0.951. The summed E-state index contributed by atoms with van der Waals surface area (Å²) >= 11 is 0. The highest BCUT2D eigenvalue weighted by Gasteiger charge is 2.49. The van der Waals surface area contributed by atoms with Crippen LogP contribution in [0.5, 0.6) is 0 Å². The molecule has 0 saturated carbocycles. The smallest absolute Gasteiger partial charge is 0.344 e. The molecular formula is C12H19N4O5+. The third-order valence-corrected chi connectivity index (χ3v) is 3.47. The van der Waals surface area contributed by atoms with Crippen LogP contribution in [0.1, 0.15) is 20.8 Å². The van der Waals surface area contributed by atoms with E-state index in [1.165, 1.54) is 0 Å². The number of hydrogen-bond acceptors (Lipinski definition) is 7. The molecule has 9 nitrogen and oxygen atoms in total. The van der Waals surface area contributed by atoms with Gasteiger partial charge in [-0.05, 0) is 20.8 Å². The normalized spacial score (nSPS) is 29.9. The second-order valence-corrected chi connectivity index (χ2v) is 5.26. The van der Waals surface area contributed by atoms with Gasteiger partial charge in [-0.15, -0.1) is 4.74 Å². The minimum absolute atomic E-state index is 0.00984. The van der Waals surface area contributed by atoms with Crippen LogP contribution in [0.3, 0.4) is 0 Å². The van der Waals surface area contributed by atoms with Crippen LogP contribution in [0.4, 0.5) is 0 Å². The summed E-state index contributed by atoms with van der Waals surface area (Å²) in [4.78, 5) is 16.1. The quantitative estimate of drug-likeness (QED) is 0.211. The van der Waals surface area contributed by atoms with Crippen molar-refractivity contribution < 1.29 is 29.9 Å². The monoisotopic (exact) mass is 299 g/mol. The van der Waals surface area contributed by atoms with E-state index in [0.717, 1.165) is 0 Å². The summed E-state index contributed by atoms with van der Waals surface area (Å²) in [5.41, 5.74) is 3.22. The number of fused-ring (bicyclic) bond motifs is 1. The number of esters is 1. The number of hydrogen-bond donors (Lipinski definition) is 2. The van der Waals surface area contributed by atoms with Gasteiger partial charge in [-0.1, -0.05) is 5.16 Å². The largest absolute Gasteiger partial charge is 0.619 e. The Labute approximate surface area is 121 Å². The van der Waals surface area contributed by atoms with Crippen LogP contribution < -0.4 is 5.73 Å². The van der Waals surface area contributed by atoms with E-state index in [0.29, 0.717) is 4.74 Å². The molecule has 2 rings (SSSR count). The highest BCUT2D eigenvalue weighted by atomic mass is 16.5. The molecule has 2 atom stereocenters. The topological polar surface area (TPSA) is 134 Å². The van der Waals surface area contributed by atoms with Crippen molar-refractivity contribution in [2.75, 3.05) is 13.2 Å². The Hall–Kier alpha value is -2.00. The minimum Gasteiger partial charge on any atom is -0.619 e. The molecule has 0 amide bonds. The average molecular weight is 299 g/mol. The summed E-state index contributed by atoms with van der Waals surface area (Å²) in [6, 6.07) is -1.06. The predicted octanol–water partition coefficient (Wildman–Crippen LogP) is -1.47. The molecule has 0 radical (unpaired) electrons. The highest BCUT2D eigenvalue weighted by molar-refractivity contribution is 6.70. The van der Waals surface area contributed by atoms with Crippen molar-refractivity contribution in [2.24, 2.45) is 10.1 Å². The van der Waals surface area contributed by atoms with E-state index >= 15 is 0 Å². The van der Waals surface area contributed by atoms with Gasteiger partial charge in [0, 0.05) is 0 Å². The number of carbonyl (C=O) groups is 1. The molecule has 9 heteroatoms. The maximum Gasteiger partial charge on any atom is 0.344 e. The first-order valence-electron chi connectivity index (χ1n) is 6.60. The first kappa shape index (κ1) is 15.4. The summed E-state index contributed by atoms with van der Waals surface area (Å²) in [5, 5.41) is 24.7. The highest BCUT2D eigenvalue weighted by Crippen LogP contribution is 2.22. The number of nitrogens with zero attached hydrogens (tertiary/aromatic N) is 3. The Morgan fingerprint density at radius 1 is 1.71 bits per heavy atom. The Balaban J connectivity index is 2.48. The van der Waals surface area contributed by atoms with Gasteiger partial charge in [0.1, 0.15) is 17.9 Å². The van der Waals surface area contributed by atoms with Crippen LogP contribution in [0.2, 0.25) is 0 Å². The number of ether oxygens (including phenoxy) is 2. The Bertz CT molecular complexity index is 552. The lowest BCUT2D eigenvalue weighted by Crippen LogP contribution is -2.75. The van der Waals surface area contributed by atoms with E-state index in [4.69, 9.17) is 9.47 Å². The van der Waals surface area contributed by atoms with E-state index in [2.05, 4.69) is 15.9 Å². The molecule has 1 fully saturated rings. The maximum absolute atomic E-state index is 12.3. The fourth-order valence-electron chi connectivity index (χ4n) is 2.27. The van der Waals surface area contributed by atoms with Crippen LogP contribution in [0.25, 0.3) is 0 Å². The number of quaternary nitrogens is 1. The summed E-state index contributed by atoms with van der Waals surface area (Å²) in [5.74, 6) is -0.633. The number of carbonyl (C=O) groups excluding carboxylic acids is 1. The van der Waals surface area contributed by atoms with Crippen molar-refractivity contribution in [3.05, 3.63) is 5.21 Å². The number of hydroxylamine groups is 1. The Morgan fingerprint density at radius 2 is 2.38 bits per heavy atom. The molecule has 0 aliphatic carbocycles. The summed E-state index contributed by atoms with van der Waals surface area (Å²) in [7, 11) is 0. The van der Waals surface area contributed by atoms with Crippen LogP contribution in [-0.4, -0.2) is 64.1 Å². The van der Waals surface area contributed by atoms with E-state index < -0.39 is 23.8 Å². The predicted molar refractivity (Wildman–Crippen MR) is 72.4 cm³/mol. The van der Waals surface area contributed by atoms with Crippen molar-refractivity contribution in [2.45, 2.75) is 38.6 Å². The second kappa shape index (κ2) is 5.41. The van der Waals surface area contributed by atoms with Gasteiger partial charge in [0.15, 0.2) is 5.71 Å². The third kappa shape index (κ3) is 2.49. The van der Waals surface area contributed by atoms with Crippen molar-refractivity contribution in [1.82, 2.24) is 0 Å². The lowest BCUT2D eigenvalue weighted by Gasteiger charge is -2.34. The molecule has 21 heavy (non-hydrogen) atoms. The van der Waals surface area contributed by atoms with E-state index in [1.807, 2.05) is 0 Å². The maximum atomic E-state index is 12.3. The van der Waals surface area contributed by atoms with Crippen LogP contribution in [0.15, 0.2) is 10.1 Å². The van der Waals surface area contributed by atoms with Crippen molar-refractivity contribution in [3.8, 4) is 0 Å². The molecular weight excluding hydrogens is 280 g/mol. The summed E-state index contributed by atoms with van der Waals surface area (Å²) in [6.45, 7) is 5.22. The fraction of sp³-hybridized carbons (Fsp3) is 0.667. The molecule has 2 aliphatic rings. The van der Waals surface area contributed by atoms with E-state index in [9.17, 15) is 15.2 Å². The van der Waals surface area contributed by atoms with Gasteiger partial charge in [-0.2, -0.15) is 0 Å². The van der Waals surface area contributed by atoms with E-state index in [-0.39, 0.29) is 30.3 Å². The molecule has 0 aromatic carbocycles. The first-order valence-corrected chi connectivity index (χ1v) is 6.60. The number of rotatable bonds is 2. The zero-order chi connectivity index (χ0) is 15.8.